The van der Waals surface area contributed by atoms with E-state index in [2.05, 4.69) is 288 Å². The van der Waals surface area contributed by atoms with E-state index in [0.29, 0.717) is 17.8 Å². The third kappa shape index (κ3) is 6.08. The van der Waals surface area contributed by atoms with E-state index >= 15 is 0 Å². The molecule has 0 spiro atoms. The lowest BCUT2D eigenvalue weighted by molar-refractivity contribution is 0.847. The SMILES string of the molecule is C1=Cc2c(n(-c3cccc4c3c3ccccc3n4-c3nc(-n4c5ccccc5c5c(-n6c7ccccc7c7ccccc76)cccc54)nc(-n4c5ccccc5c5c(-n6c7ccccc7c7ccccc76)cccc54)n3)c3ccccc23)CC1. The van der Waals surface area contributed by atoms with Gasteiger partial charge in [-0.1, -0.05) is 176 Å². The van der Waals surface area contributed by atoms with Gasteiger partial charge >= 0.3 is 0 Å². The second-order valence-electron chi connectivity index (χ2n) is 22.2. The Labute approximate surface area is 479 Å². The van der Waals surface area contributed by atoms with Gasteiger partial charge in [0.15, 0.2) is 0 Å². The number of hydrogen-bond donors (Lipinski definition) is 0. The Bertz CT molecular complexity index is 5530. The first kappa shape index (κ1) is 45.4. The van der Waals surface area contributed by atoms with Crippen LogP contribution in [0.4, 0.5) is 0 Å². The third-order valence-electron chi connectivity index (χ3n) is 18.0. The van der Waals surface area contributed by atoms with Crippen LogP contribution in [0.15, 0.2) is 255 Å². The molecule has 7 aromatic heterocycles. The molecule has 1 aliphatic rings. The maximum atomic E-state index is 5.78. The molecule has 0 fully saturated rings. The van der Waals surface area contributed by atoms with Crippen molar-refractivity contribution in [3.05, 3.63) is 266 Å². The van der Waals surface area contributed by atoms with Gasteiger partial charge in [-0.05, 0) is 97.8 Å². The van der Waals surface area contributed by atoms with Gasteiger partial charge in [0.25, 0.3) is 0 Å². The lowest BCUT2D eigenvalue weighted by Gasteiger charge is -2.16. The standard InChI is InChI=1S/C75H47N9/c1-10-31-55-46(22-1)47-23-2-11-32-56(47)79(55)64-40-19-43-67-70(64)52-28-7-16-37-61(52)82(67)73-76-74(83-62-38-17-8-29-53(62)71-65(41-20-44-68(71)83)80-57-33-12-3-24-48(57)49-25-4-13-34-58(49)80)78-75(77-73)84-63-39-18-9-30-54(63)72-66(42-21-45-69(72)84)81-59-35-14-5-26-50(59)51-27-6-15-36-60(51)81/h1-14,16-35,37-45H,15,36H2. The minimum absolute atomic E-state index is 0.504. The average Bonchev–Trinajstić information content (AvgIpc) is 3.68. The van der Waals surface area contributed by atoms with Gasteiger partial charge in [0.2, 0.25) is 17.8 Å². The van der Waals surface area contributed by atoms with Gasteiger partial charge in [-0.2, -0.15) is 15.0 Å². The summed E-state index contributed by atoms with van der Waals surface area (Å²) < 4.78 is 14.2. The van der Waals surface area contributed by atoms with E-state index in [-0.39, 0.29) is 0 Å². The van der Waals surface area contributed by atoms with E-state index < -0.39 is 0 Å². The van der Waals surface area contributed by atoms with Crippen molar-refractivity contribution in [3.8, 4) is 34.9 Å². The molecular weight excluding hydrogens is 1030 g/mol. The number of hydrogen-bond acceptors (Lipinski definition) is 3. The first-order valence-corrected chi connectivity index (χ1v) is 28.9. The first-order chi connectivity index (χ1) is 41.7. The molecular formula is C75H47N9. The molecule has 392 valence electrons. The summed E-state index contributed by atoms with van der Waals surface area (Å²) in [6.07, 6.45) is 6.57. The number of aromatic nitrogens is 9. The van der Waals surface area contributed by atoms with Crippen LogP contribution in [0.2, 0.25) is 0 Å². The van der Waals surface area contributed by atoms with Gasteiger partial charge in [0.05, 0.1) is 77.7 Å². The summed E-state index contributed by atoms with van der Waals surface area (Å²) in [5.74, 6) is 1.52. The van der Waals surface area contributed by atoms with E-state index in [1.807, 2.05) is 0 Å². The molecule has 7 heterocycles. The van der Waals surface area contributed by atoms with Crippen molar-refractivity contribution in [1.29, 1.82) is 0 Å². The van der Waals surface area contributed by atoms with Crippen LogP contribution in [0.5, 0.6) is 0 Å². The molecule has 0 unspecified atom stereocenters. The van der Waals surface area contributed by atoms with Crippen molar-refractivity contribution in [2.45, 2.75) is 12.8 Å². The summed E-state index contributed by atoms with van der Waals surface area (Å²) in [5.41, 5.74) is 17.6. The normalized spacial score (nSPS) is 12.9. The third-order valence-corrected chi connectivity index (χ3v) is 18.0. The van der Waals surface area contributed by atoms with Crippen LogP contribution in [-0.4, -0.2) is 42.4 Å². The maximum absolute atomic E-state index is 5.78. The Morgan fingerprint density at radius 3 is 0.869 bits per heavy atom. The molecule has 0 N–H and O–H groups in total. The summed E-state index contributed by atoms with van der Waals surface area (Å²) in [6.45, 7) is 0. The van der Waals surface area contributed by atoms with E-state index in [1.165, 1.54) is 43.7 Å². The van der Waals surface area contributed by atoms with Crippen LogP contribution in [0.25, 0.3) is 161 Å². The van der Waals surface area contributed by atoms with Crippen molar-refractivity contribution in [3.63, 3.8) is 0 Å². The summed E-state index contributed by atoms with van der Waals surface area (Å²) >= 11 is 0. The number of rotatable bonds is 6. The quantitative estimate of drug-likeness (QED) is 0.167. The van der Waals surface area contributed by atoms with Crippen LogP contribution in [0.1, 0.15) is 17.7 Å². The fourth-order valence-electron chi connectivity index (χ4n) is 14.7. The number of nitrogens with zero attached hydrogens (tertiary/aromatic N) is 9. The second-order valence-corrected chi connectivity index (χ2v) is 22.2. The smallest absolute Gasteiger partial charge is 0.241 e. The van der Waals surface area contributed by atoms with Crippen LogP contribution < -0.4 is 0 Å². The Morgan fingerprint density at radius 2 is 0.512 bits per heavy atom. The highest BCUT2D eigenvalue weighted by Gasteiger charge is 2.28. The number of para-hydroxylation sites is 8. The van der Waals surface area contributed by atoms with E-state index in [1.54, 1.807) is 0 Å². The molecule has 9 heteroatoms. The summed E-state index contributed by atoms with van der Waals surface area (Å²) in [4.78, 5) is 17.3. The highest BCUT2D eigenvalue weighted by atomic mass is 15.3. The van der Waals surface area contributed by atoms with Crippen LogP contribution in [-0.2, 0) is 6.42 Å². The topological polar surface area (TPSA) is 68.2 Å². The Morgan fingerprint density at radius 1 is 0.238 bits per heavy atom. The minimum atomic E-state index is 0.504. The van der Waals surface area contributed by atoms with Crippen LogP contribution in [0.3, 0.4) is 0 Å². The zero-order valence-corrected chi connectivity index (χ0v) is 45.3. The fourth-order valence-corrected chi connectivity index (χ4v) is 14.7. The summed E-state index contributed by atoms with van der Waals surface area (Å²) in [5, 5.41) is 12.8. The molecule has 9 nitrogen and oxygen atoms in total. The molecule has 0 atom stereocenters. The monoisotopic (exact) mass is 1070 g/mol. The Hall–Kier alpha value is -11.3. The van der Waals surface area contributed by atoms with Crippen molar-refractivity contribution >= 4 is 126 Å². The van der Waals surface area contributed by atoms with E-state index in [9.17, 15) is 0 Å². The highest BCUT2D eigenvalue weighted by Crippen LogP contribution is 2.45. The number of benzene rings is 11. The van der Waals surface area contributed by atoms with Crippen molar-refractivity contribution < 1.29 is 0 Å². The molecule has 84 heavy (non-hydrogen) atoms. The zero-order chi connectivity index (χ0) is 54.7. The molecule has 19 rings (SSSR count). The van der Waals surface area contributed by atoms with Crippen LogP contribution in [0, 0.1) is 0 Å². The zero-order valence-electron chi connectivity index (χ0n) is 45.3. The molecule has 0 aliphatic heterocycles. The number of allylic oxidation sites excluding steroid dienone is 1. The summed E-state index contributed by atoms with van der Waals surface area (Å²) in [6, 6.07) is 90.0. The maximum Gasteiger partial charge on any atom is 0.241 e. The van der Waals surface area contributed by atoms with Gasteiger partial charge in [-0.25, -0.2) is 0 Å². The summed E-state index contributed by atoms with van der Waals surface area (Å²) in [7, 11) is 0. The second kappa shape index (κ2) is 17.1. The van der Waals surface area contributed by atoms with E-state index in [4.69, 9.17) is 15.0 Å². The van der Waals surface area contributed by atoms with Gasteiger partial charge in [0.1, 0.15) is 0 Å². The average molecular weight is 1070 g/mol. The predicted molar refractivity (Wildman–Crippen MR) is 346 cm³/mol. The predicted octanol–water partition coefficient (Wildman–Crippen LogP) is 18.3. The Balaban J connectivity index is 0.938. The van der Waals surface area contributed by atoms with Gasteiger partial charge < -0.3 is 13.7 Å². The lowest BCUT2D eigenvalue weighted by Crippen LogP contribution is -2.13. The number of fused-ring (bicyclic) bond motifs is 18. The van der Waals surface area contributed by atoms with Crippen molar-refractivity contribution in [2.24, 2.45) is 0 Å². The molecule has 0 amide bonds. The molecule has 0 saturated heterocycles. The molecule has 18 aromatic rings. The van der Waals surface area contributed by atoms with Gasteiger partial charge in [-0.15, -0.1) is 0 Å². The fraction of sp³-hybridized carbons (Fsp3) is 0.0267. The van der Waals surface area contributed by atoms with Crippen molar-refractivity contribution in [2.75, 3.05) is 0 Å². The minimum Gasteiger partial charge on any atom is -0.312 e. The van der Waals surface area contributed by atoms with Gasteiger partial charge in [-0.3, -0.25) is 13.7 Å². The van der Waals surface area contributed by atoms with Crippen LogP contribution >= 0.6 is 0 Å². The highest BCUT2D eigenvalue weighted by molar-refractivity contribution is 6.19. The van der Waals surface area contributed by atoms with Gasteiger partial charge in [0, 0.05) is 70.5 Å². The molecule has 0 saturated carbocycles. The molecule has 0 bridgehead atoms. The lowest BCUT2D eigenvalue weighted by atomic mass is 10.0. The van der Waals surface area contributed by atoms with E-state index in [0.717, 1.165) is 117 Å². The molecule has 0 radical (unpaired) electrons. The van der Waals surface area contributed by atoms with Crippen molar-refractivity contribution in [1.82, 2.24) is 42.4 Å². The first-order valence-electron chi connectivity index (χ1n) is 28.9. The molecule has 11 aromatic carbocycles. The largest absolute Gasteiger partial charge is 0.312 e. The Kier molecular flexibility index (Phi) is 9.26. The molecule has 1 aliphatic carbocycles.